The van der Waals surface area contributed by atoms with Gasteiger partial charge in [0.25, 0.3) is 0 Å². The topological polar surface area (TPSA) is 20.3 Å². The fraction of sp³-hybridized carbons (Fsp3) is 0.417. The quantitative estimate of drug-likeness (QED) is 0.761. The Balaban J connectivity index is 1.94. The van der Waals surface area contributed by atoms with Crippen molar-refractivity contribution in [2.24, 2.45) is 0 Å². The fourth-order valence-corrected chi connectivity index (χ4v) is 2.19. The van der Waals surface area contributed by atoms with Gasteiger partial charge in [-0.25, -0.2) is 4.39 Å². The van der Waals surface area contributed by atoms with E-state index in [4.69, 9.17) is 0 Å². The average Bonchev–Trinajstić information content (AvgIpc) is 2.68. The summed E-state index contributed by atoms with van der Waals surface area (Å²) in [6.07, 6.45) is 0.0305. The zero-order valence-electron chi connectivity index (χ0n) is 8.83. The van der Waals surface area contributed by atoms with Crippen LogP contribution in [0.1, 0.15) is 12.0 Å². The smallest absolute Gasteiger partial charge is 0.227 e. The molecule has 0 radical (unpaired) electrons. The van der Waals surface area contributed by atoms with Crippen LogP contribution in [0.4, 0.5) is 4.39 Å². The van der Waals surface area contributed by atoms with Gasteiger partial charge in [0, 0.05) is 10.1 Å². The van der Waals surface area contributed by atoms with Gasteiger partial charge in [-0.15, -0.1) is 0 Å². The predicted molar refractivity (Wildman–Crippen MR) is 69.0 cm³/mol. The monoisotopic (exact) mass is 333 g/mol. The lowest BCUT2D eigenvalue weighted by atomic mass is 10.1. The lowest BCUT2D eigenvalue weighted by molar-refractivity contribution is -0.129. The molecule has 1 amide bonds. The van der Waals surface area contributed by atoms with Gasteiger partial charge >= 0.3 is 0 Å². The SMILES string of the molecule is O=C(Cc1ccc(I)cc1)N1CCC(F)C1. The summed E-state index contributed by atoms with van der Waals surface area (Å²) in [6, 6.07) is 7.85. The van der Waals surface area contributed by atoms with Crippen molar-refractivity contribution in [3.8, 4) is 0 Å². The summed E-state index contributed by atoms with van der Waals surface area (Å²) in [4.78, 5) is 13.4. The number of amides is 1. The first-order chi connectivity index (χ1) is 7.65. The molecule has 1 saturated heterocycles. The Labute approximate surface area is 108 Å². The summed E-state index contributed by atoms with van der Waals surface area (Å²) < 4.78 is 14.1. The normalized spacial score (nSPS) is 20.1. The number of alkyl halides is 1. The molecule has 1 fully saturated rings. The highest BCUT2D eigenvalue weighted by atomic mass is 127. The van der Waals surface area contributed by atoms with E-state index in [9.17, 15) is 9.18 Å². The van der Waals surface area contributed by atoms with E-state index < -0.39 is 6.17 Å². The van der Waals surface area contributed by atoms with Gasteiger partial charge in [-0.1, -0.05) is 12.1 Å². The van der Waals surface area contributed by atoms with Gasteiger partial charge in [0.2, 0.25) is 5.91 Å². The lowest BCUT2D eigenvalue weighted by Crippen LogP contribution is -2.30. The molecule has 2 rings (SSSR count). The van der Waals surface area contributed by atoms with Crippen LogP contribution in [0.15, 0.2) is 24.3 Å². The van der Waals surface area contributed by atoms with Crippen LogP contribution in [0, 0.1) is 3.57 Å². The van der Waals surface area contributed by atoms with Crippen LogP contribution in [0.3, 0.4) is 0 Å². The predicted octanol–water partition coefficient (Wildman–Crippen LogP) is 2.40. The number of hydrogen-bond donors (Lipinski definition) is 0. The Morgan fingerprint density at radius 1 is 1.44 bits per heavy atom. The van der Waals surface area contributed by atoms with Crippen LogP contribution in [0.5, 0.6) is 0 Å². The van der Waals surface area contributed by atoms with Crippen molar-refractivity contribution in [1.29, 1.82) is 0 Å². The largest absolute Gasteiger partial charge is 0.339 e. The number of halogens is 2. The number of benzene rings is 1. The standard InChI is InChI=1S/C12H13FINO/c13-10-5-6-15(8-10)12(16)7-9-1-3-11(14)4-2-9/h1-4,10H,5-8H2. The molecular weight excluding hydrogens is 320 g/mol. The summed E-state index contributed by atoms with van der Waals surface area (Å²) in [6.45, 7) is 0.827. The van der Waals surface area contributed by atoms with Crippen molar-refractivity contribution in [2.75, 3.05) is 13.1 Å². The number of likely N-dealkylation sites (tertiary alicyclic amines) is 1. The van der Waals surface area contributed by atoms with E-state index in [0.29, 0.717) is 19.4 Å². The molecule has 0 aromatic heterocycles. The molecule has 1 atom stereocenters. The van der Waals surface area contributed by atoms with E-state index >= 15 is 0 Å². The molecule has 0 saturated carbocycles. The Kier molecular flexibility index (Phi) is 3.78. The summed E-state index contributed by atoms with van der Waals surface area (Å²) in [7, 11) is 0. The molecule has 2 nitrogen and oxygen atoms in total. The molecule has 1 aliphatic heterocycles. The van der Waals surface area contributed by atoms with Gasteiger partial charge in [-0.2, -0.15) is 0 Å². The Morgan fingerprint density at radius 3 is 2.69 bits per heavy atom. The molecule has 1 aliphatic rings. The van der Waals surface area contributed by atoms with Gasteiger partial charge in [0.1, 0.15) is 6.17 Å². The minimum absolute atomic E-state index is 0.0290. The minimum Gasteiger partial charge on any atom is -0.339 e. The van der Waals surface area contributed by atoms with Gasteiger partial charge < -0.3 is 4.90 Å². The molecule has 4 heteroatoms. The minimum atomic E-state index is -0.833. The van der Waals surface area contributed by atoms with Crippen molar-refractivity contribution in [1.82, 2.24) is 4.90 Å². The summed E-state index contributed by atoms with van der Waals surface area (Å²) in [5.41, 5.74) is 0.993. The first kappa shape index (κ1) is 11.8. The van der Waals surface area contributed by atoms with E-state index in [0.717, 1.165) is 9.13 Å². The van der Waals surface area contributed by atoms with Gasteiger partial charge in [-0.05, 0) is 46.7 Å². The highest BCUT2D eigenvalue weighted by Gasteiger charge is 2.25. The first-order valence-corrected chi connectivity index (χ1v) is 6.39. The summed E-state index contributed by atoms with van der Waals surface area (Å²) >= 11 is 2.23. The molecule has 0 spiro atoms. The number of hydrogen-bond acceptors (Lipinski definition) is 1. The van der Waals surface area contributed by atoms with Gasteiger partial charge in [-0.3, -0.25) is 4.79 Å². The maximum absolute atomic E-state index is 12.9. The molecule has 0 aliphatic carbocycles. The second-order valence-corrected chi connectivity index (χ2v) is 5.27. The molecular formula is C12H13FINO. The van der Waals surface area contributed by atoms with Gasteiger partial charge in [0.05, 0.1) is 13.0 Å². The van der Waals surface area contributed by atoms with E-state index in [1.807, 2.05) is 24.3 Å². The molecule has 86 valence electrons. The zero-order valence-corrected chi connectivity index (χ0v) is 11.0. The van der Waals surface area contributed by atoms with E-state index in [2.05, 4.69) is 22.6 Å². The van der Waals surface area contributed by atoms with Crippen LogP contribution in [-0.2, 0) is 11.2 Å². The van der Waals surface area contributed by atoms with Crippen molar-refractivity contribution in [2.45, 2.75) is 19.0 Å². The summed E-state index contributed by atoms with van der Waals surface area (Å²) in [5, 5.41) is 0. The fourth-order valence-electron chi connectivity index (χ4n) is 1.83. The molecule has 1 aromatic carbocycles. The second kappa shape index (κ2) is 5.12. The molecule has 1 unspecified atom stereocenters. The van der Waals surface area contributed by atoms with Crippen LogP contribution >= 0.6 is 22.6 Å². The Hall–Kier alpha value is -0.650. The number of rotatable bonds is 2. The number of carbonyl (C=O) groups excluding carboxylic acids is 1. The van der Waals surface area contributed by atoms with Crippen LogP contribution in [0.2, 0.25) is 0 Å². The second-order valence-electron chi connectivity index (χ2n) is 4.03. The molecule has 1 aromatic rings. The van der Waals surface area contributed by atoms with E-state index in [-0.39, 0.29) is 12.5 Å². The zero-order chi connectivity index (χ0) is 11.5. The van der Waals surface area contributed by atoms with Crippen LogP contribution < -0.4 is 0 Å². The van der Waals surface area contributed by atoms with E-state index in [1.54, 1.807) is 4.90 Å². The highest BCUT2D eigenvalue weighted by Crippen LogP contribution is 2.14. The van der Waals surface area contributed by atoms with E-state index in [1.165, 1.54) is 0 Å². The van der Waals surface area contributed by atoms with Gasteiger partial charge in [0.15, 0.2) is 0 Å². The molecule has 0 bridgehead atoms. The van der Waals surface area contributed by atoms with Crippen molar-refractivity contribution >= 4 is 28.5 Å². The lowest BCUT2D eigenvalue weighted by Gasteiger charge is -2.15. The third kappa shape index (κ3) is 2.93. The third-order valence-corrected chi connectivity index (χ3v) is 3.47. The Bertz CT molecular complexity index is 379. The van der Waals surface area contributed by atoms with Crippen molar-refractivity contribution in [3.63, 3.8) is 0 Å². The van der Waals surface area contributed by atoms with Crippen LogP contribution in [-0.4, -0.2) is 30.1 Å². The third-order valence-electron chi connectivity index (χ3n) is 2.75. The summed E-state index contributed by atoms with van der Waals surface area (Å²) in [5.74, 6) is 0.0290. The van der Waals surface area contributed by atoms with Crippen molar-refractivity contribution in [3.05, 3.63) is 33.4 Å². The molecule has 16 heavy (non-hydrogen) atoms. The maximum atomic E-state index is 12.9. The number of nitrogens with zero attached hydrogens (tertiary/aromatic N) is 1. The molecule has 1 heterocycles. The number of carbonyl (C=O) groups is 1. The molecule has 0 N–H and O–H groups in total. The van der Waals surface area contributed by atoms with Crippen molar-refractivity contribution < 1.29 is 9.18 Å². The Morgan fingerprint density at radius 2 is 2.12 bits per heavy atom. The first-order valence-electron chi connectivity index (χ1n) is 5.31. The average molecular weight is 333 g/mol. The highest BCUT2D eigenvalue weighted by molar-refractivity contribution is 14.1. The van der Waals surface area contributed by atoms with Crippen LogP contribution in [0.25, 0.3) is 0 Å². The maximum Gasteiger partial charge on any atom is 0.227 e.